The van der Waals surface area contributed by atoms with E-state index in [9.17, 15) is 0 Å². The van der Waals surface area contributed by atoms with E-state index >= 15 is 0 Å². The Kier molecular flexibility index (Phi) is 14.6. The Hall–Kier alpha value is -10.0. The lowest BCUT2D eigenvalue weighted by molar-refractivity contribution is 0.591. The summed E-state index contributed by atoms with van der Waals surface area (Å²) in [7, 11) is -6.32. The van der Waals surface area contributed by atoms with Crippen molar-refractivity contribution >= 4 is 115 Å². The van der Waals surface area contributed by atoms with Crippen molar-refractivity contribution in [3.8, 4) is 22.3 Å². The molecule has 13 aromatic carbocycles. The van der Waals surface area contributed by atoms with E-state index in [-0.39, 0.29) is 17.5 Å². The van der Waals surface area contributed by atoms with Crippen LogP contribution in [-0.4, -0.2) is 22.9 Å². The van der Waals surface area contributed by atoms with Crippen molar-refractivity contribution in [3.63, 3.8) is 0 Å². The quantitative estimate of drug-likeness (QED) is 0.0889. The van der Waals surface area contributed by atoms with Crippen molar-refractivity contribution in [1.82, 2.24) is 0 Å². The van der Waals surface area contributed by atoms with Crippen LogP contribution in [-0.2, 0) is 10.8 Å². The number of benzene rings is 13. The molecule has 0 aromatic heterocycles. The van der Waals surface area contributed by atoms with E-state index < -0.39 is 16.1 Å². The third kappa shape index (κ3) is 9.52. The van der Waals surface area contributed by atoms with Crippen LogP contribution in [0.1, 0.15) is 52.7 Å². The minimum atomic E-state index is -3.16. The van der Waals surface area contributed by atoms with Gasteiger partial charge in [0.25, 0.3) is 6.71 Å². The van der Waals surface area contributed by atoms with Gasteiger partial charge in [-0.25, -0.2) is 0 Å². The maximum absolute atomic E-state index is 3.16. The number of fused-ring (bicyclic) bond motifs is 4. The molecule has 2 aliphatic rings. The van der Waals surface area contributed by atoms with Gasteiger partial charge >= 0.3 is 0 Å². The molecule has 91 heavy (non-hydrogen) atoms. The molecule has 0 saturated carbocycles. The van der Waals surface area contributed by atoms with Crippen LogP contribution >= 0.6 is 0 Å². The van der Waals surface area contributed by atoms with Gasteiger partial charge in [-0.15, -0.1) is 0 Å². The van der Waals surface area contributed by atoms with Gasteiger partial charge in [0.15, 0.2) is 16.1 Å². The van der Waals surface area contributed by atoms with E-state index in [0.29, 0.717) is 0 Å². The molecule has 0 spiro atoms. The van der Waals surface area contributed by atoms with Gasteiger partial charge in [-0.1, -0.05) is 339 Å². The fraction of sp³-hybridized carbons (Fsp3) is 0.0930. The van der Waals surface area contributed by atoms with Gasteiger partial charge in [0, 0.05) is 34.1 Å². The zero-order valence-corrected chi connectivity index (χ0v) is 54.7. The standard InChI is InChI=1S/C86H73BN2Si2/c1-85(2,3)72-48-27-25-46-70(72)62-56-58-74-80(60-62)88(76-50-29-31-54-82(76)90(64-34-13-7-14-35-64,65-36-15-8-16-37-65)66-38-17-9-18-39-66)78-52-33-53-79-84(78)87(74)75-59-57-63(71-47-26-28-49-73(71)86(4,5)6)61-81(75)89(79)77-51-30-32-55-83(77)91(67-40-19-10-20-41-67,68-42-21-11-22-43-68)69-44-23-12-24-45-69/h7-61H,1-6H3. The number of rotatable bonds is 12. The summed E-state index contributed by atoms with van der Waals surface area (Å²) in [5.74, 6) is 0. The molecule has 0 atom stereocenters. The second-order valence-electron chi connectivity index (χ2n) is 26.7. The summed E-state index contributed by atoms with van der Waals surface area (Å²) in [5.41, 5.74) is 18.3. The van der Waals surface area contributed by atoms with E-state index in [0.717, 1.165) is 0 Å². The normalized spacial score (nSPS) is 12.9. The van der Waals surface area contributed by atoms with Gasteiger partial charge in [-0.2, -0.15) is 0 Å². The van der Waals surface area contributed by atoms with Crippen molar-refractivity contribution in [1.29, 1.82) is 0 Å². The molecule has 438 valence electrons. The molecule has 13 aromatic rings. The number of hydrogen-bond acceptors (Lipinski definition) is 2. The lowest BCUT2D eigenvalue weighted by Gasteiger charge is -2.47. The summed E-state index contributed by atoms with van der Waals surface area (Å²) in [4.78, 5) is 5.39. The highest BCUT2D eigenvalue weighted by atomic mass is 28.3. The van der Waals surface area contributed by atoms with Crippen molar-refractivity contribution < 1.29 is 0 Å². The first kappa shape index (κ1) is 57.4. The van der Waals surface area contributed by atoms with Crippen molar-refractivity contribution in [2.45, 2.75) is 52.4 Å². The van der Waals surface area contributed by atoms with E-state index in [1.807, 2.05) is 0 Å². The van der Waals surface area contributed by atoms with Gasteiger partial charge < -0.3 is 9.80 Å². The smallest absolute Gasteiger partial charge is 0.252 e. The van der Waals surface area contributed by atoms with Crippen LogP contribution in [0, 0.1) is 0 Å². The summed E-state index contributed by atoms with van der Waals surface area (Å²) >= 11 is 0. The molecule has 2 heterocycles. The maximum atomic E-state index is 2.69. The minimum absolute atomic E-state index is 0.0973. The SMILES string of the molecule is CC(C)(C)c1ccccc1-c1ccc2c(c1)N(c1ccccc1[Si](c1ccccc1)(c1ccccc1)c1ccccc1)c1cccc3c1B2c1ccc(-c2ccccc2C(C)(C)C)cc1N3c1ccccc1[Si](c1ccccc1)(c1ccccc1)c1ccccc1. The first-order valence-electron chi connectivity index (χ1n) is 32.2. The maximum Gasteiger partial charge on any atom is 0.252 e. The molecule has 2 aliphatic heterocycles. The lowest BCUT2D eigenvalue weighted by atomic mass is 9.33. The third-order valence-electron chi connectivity index (χ3n) is 19.4. The Morgan fingerprint density at radius 1 is 0.253 bits per heavy atom. The first-order valence-corrected chi connectivity index (χ1v) is 36.2. The average Bonchev–Trinajstić information content (AvgIpc) is 0.725. The topological polar surface area (TPSA) is 6.48 Å². The molecule has 0 fully saturated rings. The molecule has 0 saturated heterocycles. The lowest BCUT2D eigenvalue weighted by Crippen LogP contribution is -2.75. The minimum Gasteiger partial charge on any atom is -0.311 e. The monoisotopic (exact) mass is 1200 g/mol. The number of anilines is 6. The van der Waals surface area contributed by atoms with E-state index in [1.54, 1.807) is 0 Å². The summed E-state index contributed by atoms with van der Waals surface area (Å²) in [5, 5.41) is 10.7. The number of para-hydroxylation sites is 2. The Morgan fingerprint density at radius 2 is 0.527 bits per heavy atom. The summed E-state index contributed by atoms with van der Waals surface area (Å²) in [6.45, 7) is 13.9. The van der Waals surface area contributed by atoms with Crippen LogP contribution in [0.2, 0.25) is 0 Å². The molecule has 0 N–H and O–H groups in total. The van der Waals surface area contributed by atoms with Gasteiger partial charge in [-0.05, 0) is 138 Å². The highest BCUT2D eigenvalue weighted by Gasteiger charge is 2.50. The molecule has 2 nitrogen and oxygen atoms in total. The van der Waals surface area contributed by atoms with E-state index in [2.05, 4.69) is 385 Å². The number of nitrogens with zero attached hydrogens (tertiary/aromatic N) is 2. The second kappa shape index (κ2) is 23.1. The Balaban J connectivity index is 1.08. The van der Waals surface area contributed by atoms with Crippen LogP contribution in [0.3, 0.4) is 0 Å². The largest absolute Gasteiger partial charge is 0.311 e. The zero-order chi connectivity index (χ0) is 61.9. The van der Waals surface area contributed by atoms with Crippen LogP contribution in [0.15, 0.2) is 334 Å². The highest BCUT2D eigenvalue weighted by Crippen LogP contribution is 2.47. The van der Waals surface area contributed by atoms with Gasteiger partial charge in [0.05, 0.1) is 0 Å². The third-order valence-corrected chi connectivity index (χ3v) is 29.1. The molecule has 0 unspecified atom stereocenters. The van der Waals surface area contributed by atoms with E-state index in [1.165, 1.54) is 125 Å². The predicted octanol–water partition coefficient (Wildman–Crippen LogP) is 14.5. The fourth-order valence-corrected chi connectivity index (χ4v) is 25.5. The van der Waals surface area contributed by atoms with E-state index in [4.69, 9.17) is 0 Å². The van der Waals surface area contributed by atoms with Gasteiger partial charge in [-0.3, -0.25) is 0 Å². The molecule has 0 aliphatic carbocycles. The van der Waals surface area contributed by atoms with Gasteiger partial charge in [0.2, 0.25) is 0 Å². The first-order chi connectivity index (χ1) is 44.5. The zero-order valence-electron chi connectivity index (χ0n) is 52.7. The van der Waals surface area contributed by atoms with Crippen LogP contribution in [0.4, 0.5) is 34.1 Å². The molecule has 5 heteroatoms. The average molecular weight is 1200 g/mol. The van der Waals surface area contributed by atoms with Gasteiger partial charge in [0.1, 0.15) is 0 Å². The number of hydrogen-bond donors (Lipinski definition) is 0. The van der Waals surface area contributed by atoms with Crippen molar-refractivity contribution in [2.75, 3.05) is 9.80 Å². The predicted molar refractivity (Wildman–Crippen MR) is 396 cm³/mol. The highest BCUT2D eigenvalue weighted by molar-refractivity contribution is 7.21. The molecule has 15 rings (SSSR count). The fourth-order valence-electron chi connectivity index (χ4n) is 15.6. The van der Waals surface area contributed by atoms with Crippen molar-refractivity contribution in [3.05, 3.63) is 345 Å². The summed E-state index contributed by atoms with van der Waals surface area (Å²) < 4.78 is 0. The molecule has 0 bridgehead atoms. The molecule has 0 amide bonds. The van der Waals surface area contributed by atoms with Crippen LogP contribution in [0.25, 0.3) is 22.3 Å². The molecular weight excluding hydrogens is 1130 g/mol. The molecular formula is C86H73BN2Si2. The Labute approximate surface area is 540 Å². The molecule has 0 radical (unpaired) electrons. The van der Waals surface area contributed by atoms with Crippen molar-refractivity contribution in [2.24, 2.45) is 0 Å². The Bertz CT molecular complexity index is 4300. The van der Waals surface area contributed by atoms with Crippen LogP contribution < -0.4 is 67.7 Å². The summed E-state index contributed by atoms with van der Waals surface area (Å²) in [6, 6.07) is 128. The summed E-state index contributed by atoms with van der Waals surface area (Å²) in [6.07, 6.45) is 0. The Morgan fingerprint density at radius 3 is 0.846 bits per heavy atom. The second-order valence-corrected chi connectivity index (χ2v) is 34.2. The van der Waals surface area contributed by atoms with Crippen LogP contribution in [0.5, 0.6) is 0 Å².